The van der Waals surface area contributed by atoms with Gasteiger partial charge >= 0.3 is 0 Å². The fourth-order valence-corrected chi connectivity index (χ4v) is 5.68. The van der Waals surface area contributed by atoms with Gasteiger partial charge in [-0.1, -0.05) is 31.9 Å². The lowest BCUT2D eigenvalue weighted by Crippen LogP contribution is -2.51. The van der Waals surface area contributed by atoms with Crippen molar-refractivity contribution in [3.05, 3.63) is 11.1 Å². The summed E-state index contributed by atoms with van der Waals surface area (Å²) < 4.78 is 0. The van der Waals surface area contributed by atoms with Gasteiger partial charge in [0.05, 0.1) is 6.10 Å². The molecule has 0 heterocycles. The Balaban J connectivity index is 1.87. The predicted octanol–water partition coefficient (Wildman–Crippen LogP) is 3.00. The number of allylic oxidation sites excluding steroid dienone is 1. The SMILES string of the molecule is CC1(C)CCC2=C1CCC([C@@]1(C)CC[C@H](O)C[C@@H]1CO)[C@H]2N. The van der Waals surface area contributed by atoms with Gasteiger partial charge in [-0.05, 0) is 67.6 Å². The molecule has 4 N–H and O–H groups in total. The molecule has 0 radical (unpaired) electrons. The van der Waals surface area contributed by atoms with E-state index in [1.165, 1.54) is 18.4 Å². The van der Waals surface area contributed by atoms with Crippen molar-refractivity contribution in [2.24, 2.45) is 28.4 Å². The highest BCUT2D eigenvalue weighted by molar-refractivity contribution is 5.34. The van der Waals surface area contributed by atoms with Crippen molar-refractivity contribution in [1.82, 2.24) is 0 Å². The molecule has 0 saturated heterocycles. The third-order valence-corrected chi connectivity index (χ3v) is 7.34. The molecule has 3 rings (SSSR count). The van der Waals surface area contributed by atoms with Crippen LogP contribution in [0.1, 0.15) is 65.7 Å². The standard InChI is InChI=1S/C19H33NO2/c1-18(2)8-7-14-15(18)4-5-16(17(14)20)19(3)9-6-13(22)10-12(19)11-21/h12-13,16-17,21-22H,4-11,20H2,1-3H3/t12-,13+,16?,17+,19+/m1/s1. The van der Waals surface area contributed by atoms with Gasteiger partial charge in [-0.15, -0.1) is 0 Å². The molecule has 0 amide bonds. The summed E-state index contributed by atoms with van der Waals surface area (Å²) >= 11 is 0. The molecule has 3 nitrogen and oxygen atoms in total. The monoisotopic (exact) mass is 307 g/mol. The highest BCUT2D eigenvalue weighted by atomic mass is 16.3. The van der Waals surface area contributed by atoms with E-state index in [1.54, 1.807) is 5.57 Å². The second-order valence-corrected chi connectivity index (χ2v) is 8.87. The number of aliphatic hydroxyl groups excluding tert-OH is 2. The minimum absolute atomic E-state index is 0.0681. The Morgan fingerprint density at radius 2 is 1.86 bits per heavy atom. The van der Waals surface area contributed by atoms with Crippen molar-refractivity contribution < 1.29 is 10.2 Å². The molecule has 3 aliphatic carbocycles. The Labute approximate surface area is 135 Å². The van der Waals surface area contributed by atoms with E-state index in [-0.39, 0.29) is 30.1 Å². The van der Waals surface area contributed by atoms with E-state index in [0.29, 0.717) is 11.3 Å². The number of hydrogen-bond donors (Lipinski definition) is 3. The molecule has 3 heteroatoms. The topological polar surface area (TPSA) is 66.5 Å². The third kappa shape index (κ3) is 2.46. The molecule has 5 atom stereocenters. The molecule has 0 aromatic carbocycles. The Kier molecular flexibility index (Phi) is 4.20. The van der Waals surface area contributed by atoms with Crippen molar-refractivity contribution in [3.8, 4) is 0 Å². The van der Waals surface area contributed by atoms with Crippen LogP contribution < -0.4 is 5.73 Å². The van der Waals surface area contributed by atoms with E-state index in [1.807, 2.05) is 0 Å². The van der Waals surface area contributed by atoms with E-state index in [2.05, 4.69) is 20.8 Å². The first kappa shape index (κ1) is 16.5. The Morgan fingerprint density at radius 1 is 1.14 bits per heavy atom. The summed E-state index contributed by atoms with van der Waals surface area (Å²) in [5.74, 6) is 0.633. The lowest BCUT2D eigenvalue weighted by Gasteiger charge is -2.51. The molecule has 126 valence electrons. The van der Waals surface area contributed by atoms with Gasteiger partial charge in [-0.3, -0.25) is 0 Å². The molecule has 1 fully saturated rings. The largest absolute Gasteiger partial charge is 0.396 e. The summed E-state index contributed by atoms with van der Waals surface area (Å²) in [5.41, 5.74) is 10.3. The van der Waals surface area contributed by atoms with Crippen molar-refractivity contribution in [2.75, 3.05) is 6.61 Å². The lowest BCUT2D eigenvalue weighted by atomic mass is 9.55. The number of rotatable bonds is 2. The van der Waals surface area contributed by atoms with Crippen LogP contribution in [-0.4, -0.2) is 29.0 Å². The molecule has 1 saturated carbocycles. The second kappa shape index (κ2) is 5.61. The molecule has 0 aliphatic heterocycles. The predicted molar refractivity (Wildman–Crippen MR) is 89.3 cm³/mol. The first-order valence-corrected chi connectivity index (χ1v) is 9.06. The first-order valence-electron chi connectivity index (χ1n) is 9.06. The average molecular weight is 307 g/mol. The summed E-state index contributed by atoms with van der Waals surface area (Å²) in [6.45, 7) is 7.21. The maximum absolute atomic E-state index is 9.97. The van der Waals surface area contributed by atoms with Gasteiger partial charge in [0.1, 0.15) is 0 Å². The van der Waals surface area contributed by atoms with Crippen molar-refractivity contribution in [1.29, 1.82) is 0 Å². The van der Waals surface area contributed by atoms with Gasteiger partial charge in [-0.2, -0.15) is 0 Å². The normalized spacial score (nSPS) is 45.0. The molecule has 3 aliphatic rings. The van der Waals surface area contributed by atoms with E-state index < -0.39 is 0 Å². The minimum Gasteiger partial charge on any atom is -0.396 e. The van der Waals surface area contributed by atoms with Crippen LogP contribution in [0.3, 0.4) is 0 Å². The van der Waals surface area contributed by atoms with Crippen LogP contribution >= 0.6 is 0 Å². The van der Waals surface area contributed by atoms with Crippen LogP contribution in [0.4, 0.5) is 0 Å². The van der Waals surface area contributed by atoms with Gasteiger partial charge in [0.2, 0.25) is 0 Å². The molecule has 0 bridgehead atoms. The van der Waals surface area contributed by atoms with Gasteiger partial charge < -0.3 is 15.9 Å². The summed E-state index contributed by atoms with van der Waals surface area (Å²) in [4.78, 5) is 0. The second-order valence-electron chi connectivity index (χ2n) is 8.87. The van der Waals surface area contributed by atoms with Crippen LogP contribution in [-0.2, 0) is 0 Å². The molecular weight excluding hydrogens is 274 g/mol. The quantitative estimate of drug-likeness (QED) is 0.687. The van der Waals surface area contributed by atoms with Gasteiger partial charge in [0, 0.05) is 12.6 Å². The fraction of sp³-hybridized carbons (Fsp3) is 0.895. The van der Waals surface area contributed by atoms with E-state index >= 15 is 0 Å². The highest BCUT2D eigenvalue weighted by Crippen LogP contribution is 2.56. The van der Waals surface area contributed by atoms with Crippen molar-refractivity contribution in [3.63, 3.8) is 0 Å². The Bertz CT molecular complexity index is 470. The Hall–Kier alpha value is -0.380. The van der Waals surface area contributed by atoms with Crippen LogP contribution in [0.25, 0.3) is 0 Å². The zero-order valence-electron chi connectivity index (χ0n) is 14.4. The maximum Gasteiger partial charge on any atom is 0.0544 e. The number of hydrogen-bond acceptors (Lipinski definition) is 3. The molecule has 1 unspecified atom stereocenters. The van der Waals surface area contributed by atoms with Crippen molar-refractivity contribution in [2.45, 2.75) is 77.9 Å². The zero-order chi connectivity index (χ0) is 16.1. The summed E-state index contributed by atoms with van der Waals surface area (Å²) in [7, 11) is 0. The number of nitrogens with two attached hydrogens (primary N) is 1. The molecule has 0 aromatic heterocycles. The van der Waals surface area contributed by atoms with Crippen LogP contribution in [0.15, 0.2) is 11.1 Å². The van der Waals surface area contributed by atoms with Crippen LogP contribution in [0, 0.1) is 22.7 Å². The summed E-state index contributed by atoms with van der Waals surface area (Å²) in [6.07, 6.45) is 7.04. The van der Waals surface area contributed by atoms with Gasteiger partial charge in [0.15, 0.2) is 0 Å². The summed E-state index contributed by atoms with van der Waals surface area (Å²) in [6, 6.07) is 0.153. The average Bonchev–Trinajstić information content (AvgIpc) is 2.78. The maximum atomic E-state index is 9.97. The van der Waals surface area contributed by atoms with Gasteiger partial charge in [-0.25, -0.2) is 0 Å². The van der Waals surface area contributed by atoms with E-state index in [4.69, 9.17) is 5.73 Å². The smallest absolute Gasteiger partial charge is 0.0544 e. The fourth-order valence-electron chi connectivity index (χ4n) is 5.68. The van der Waals surface area contributed by atoms with E-state index in [9.17, 15) is 10.2 Å². The minimum atomic E-state index is -0.245. The third-order valence-electron chi connectivity index (χ3n) is 7.34. The first-order chi connectivity index (χ1) is 10.3. The van der Waals surface area contributed by atoms with E-state index in [0.717, 1.165) is 32.1 Å². The molecular formula is C19H33NO2. The Morgan fingerprint density at radius 3 is 2.55 bits per heavy atom. The van der Waals surface area contributed by atoms with Gasteiger partial charge in [0.25, 0.3) is 0 Å². The molecule has 0 spiro atoms. The molecule has 22 heavy (non-hydrogen) atoms. The van der Waals surface area contributed by atoms with Crippen molar-refractivity contribution >= 4 is 0 Å². The van der Waals surface area contributed by atoms with Crippen LogP contribution in [0.2, 0.25) is 0 Å². The molecule has 0 aromatic rings. The summed E-state index contributed by atoms with van der Waals surface area (Å²) in [5, 5.41) is 19.8. The lowest BCUT2D eigenvalue weighted by molar-refractivity contribution is -0.0496. The number of aliphatic hydroxyl groups is 2. The van der Waals surface area contributed by atoms with Crippen LogP contribution in [0.5, 0.6) is 0 Å². The zero-order valence-corrected chi connectivity index (χ0v) is 14.4. The highest BCUT2D eigenvalue weighted by Gasteiger charge is 2.50.